The van der Waals surface area contributed by atoms with E-state index in [1.807, 2.05) is 0 Å². The van der Waals surface area contributed by atoms with Gasteiger partial charge < -0.3 is 16.0 Å². The zero-order chi connectivity index (χ0) is 14.7. The van der Waals surface area contributed by atoms with Crippen molar-refractivity contribution in [3.8, 4) is 0 Å². The van der Waals surface area contributed by atoms with Crippen molar-refractivity contribution in [1.82, 2.24) is 5.32 Å². The van der Waals surface area contributed by atoms with Crippen LogP contribution in [0.3, 0.4) is 0 Å². The van der Waals surface area contributed by atoms with Gasteiger partial charge in [-0.25, -0.2) is 0 Å². The molecule has 1 aromatic rings. The molecule has 0 aromatic heterocycles. The first-order chi connectivity index (χ1) is 9.49. The number of anilines is 1. The Morgan fingerprint density at radius 2 is 2.35 bits per heavy atom. The molecule has 0 saturated carbocycles. The third kappa shape index (κ3) is 3.05. The molecule has 1 fully saturated rings. The van der Waals surface area contributed by atoms with Gasteiger partial charge in [0, 0.05) is 31.3 Å². The summed E-state index contributed by atoms with van der Waals surface area (Å²) in [5.41, 5.74) is 5.91. The number of nitrogens with zero attached hydrogens (tertiary/aromatic N) is 2. The molecule has 3 N–H and O–H groups in total. The van der Waals surface area contributed by atoms with E-state index in [-0.39, 0.29) is 11.3 Å². The van der Waals surface area contributed by atoms with Gasteiger partial charge in [0.1, 0.15) is 5.69 Å². The minimum atomic E-state index is -0.589. The standard InChI is InChI=1S/C13H18N4O3/c1-16(8-10-3-2-6-15-10)12-7-9(13(14)18)4-5-11(12)17(19)20/h4-5,7,10,15H,2-3,6,8H2,1H3,(H2,14,18). The Hall–Kier alpha value is -2.15. The minimum absolute atomic E-state index is 0.0181. The number of hydrogen-bond donors (Lipinski definition) is 2. The number of rotatable bonds is 5. The summed E-state index contributed by atoms with van der Waals surface area (Å²) >= 11 is 0. The molecule has 1 aliphatic rings. The number of nitrogens with one attached hydrogen (secondary N) is 1. The molecule has 1 saturated heterocycles. The van der Waals surface area contributed by atoms with Crippen LogP contribution in [0.2, 0.25) is 0 Å². The predicted octanol–water partition coefficient (Wildman–Crippen LogP) is 0.882. The highest BCUT2D eigenvalue weighted by molar-refractivity contribution is 5.94. The monoisotopic (exact) mass is 278 g/mol. The molecule has 1 unspecified atom stereocenters. The van der Waals surface area contributed by atoms with Gasteiger partial charge in [0.25, 0.3) is 5.69 Å². The largest absolute Gasteiger partial charge is 0.367 e. The number of carbonyl (C=O) groups is 1. The Morgan fingerprint density at radius 1 is 1.60 bits per heavy atom. The summed E-state index contributed by atoms with van der Waals surface area (Å²) in [6.45, 7) is 1.63. The number of primary amides is 1. The van der Waals surface area contributed by atoms with Gasteiger partial charge in [-0.3, -0.25) is 14.9 Å². The quantitative estimate of drug-likeness (QED) is 0.615. The molecule has 108 valence electrons. The molecule has 1 aliphatic heterocycles. The van der Waals surface area contributed by atoms with Crippen molar-refractivity contribution in [2.24, 2.45) is 5.73 Å². The average molecular weight is 278 g/mol. The van der Waals surface area contributed by atoms with Crippen molar-refractivity contribution < 1.29 is 9.72 Å². The van der Waals surface area contributed by atoms with Gasteiger partial charge in [-0.05, 0) is 31.5 Å². The molecule has 20 heavy (non-hydrogen) atoms. The maximum absolute atomic E-state index is 11.2. The maximum atomic E-state index is 11.2. The second-order valence-electron chi connectivity index (χ2n) is 5.00. The van der Waals surface area contributed by atoms with Gasteiger partial charge in [-0.1, -0.05) is 0 Å². The Bertz CT molecular complexity index is 526. The summed E-state index contributed by atoms with van der Waals surface area (Å²) in [7, 11) is 1.78. The van der Waals surface area contributed by atoms with Crippen LogP contribution in [-0.2, 0) is 0 Å². The fourth-order valence-corrected chi connectivity index (χ4v) is 2.48. The molecule has 0 radical (unpaired) electrons. The van der Waals surface area contributed by atoms with E-state index in [0.717, 1.165) is 19.4 Å². The number of nitro groups is 1. The second-order valence-corrected chi connectivity index (χ2v) is 5.00. The van der Waals surface area contributed by atoms with Crippen molar-refractivity contribution in [2.45, 2.75) is 18.9 Å². The van der Waals surface area contributed by atoms with Gasteiger partial charge in [0.15, 0.2) is 0 Å². The molecule has 7 nitrogen and oxygen atoms in total. The van der Waals surface area contributed by atoms with Gasteiger partial charge in [-0.2, -0.15) is 0 Å². The zero-order valence-corrected chi connectivity index (χ0v) is 11.3. The molecule has 1 heterocycles. The Morgan fingerprint density at radius 3 is 2.90 bits per heavy atom. The number of benzene rings is 1. The fourth-order valence-electron chi connectivity index (χ4n) is 2.48. The van der Waals surface area contributed by atoms with E-state index >= 15 is 0 Å². The molecule has 2 rings (SSSR count). The van der Waals surface area contributed by atoms with Gasteiger partial charge in [0.2, 0.25) is 5.91 Å². The smallest absolute Gasteiger partial charge is 0.292 e. The molecule has 0 aliphatic carbocycles. The van der Waals surface area contributed by atoms with Crippen LogP contribution in [0.1, 0.15) is 23.2 Å². The summed E-state index contributed by atoms with van der Waals surface area (Å²) in [5, 5.41) is 14.4. The van der Waals surface area contributed by atoms with E-state index in [9.17, 15) is 14.9 Å². The van der Waals surface area contributed by atoms with Gasteiger partial charge >= 0.3 is 0 Å². The normalized spacial score (nSPS) is 17.9. The lowest BCUT2D eigenvalue weighted by atomic mass is 10.1. The van der Waals surface area contributed by atoms with Crippen LogP contribution in [0.15, 0.2) is 18.2 Å². The second kappa shape index (κ2) is 5.87. The maximum Gasteiger partial charge on any atom is 0.292 e. The third-order valence-electron chi connectivity index (χ3n) is 3.52. The van der Waals surface area contributed by atoms with E-state index < -0.39 is 10.8 Å². The lowest BCUT2D eigenvalue weighted by Crippen LogP contribution is -2.35. The summed E-state index contributed by atoms with van der Waals surface area (Å²) in [6.07, 6.45) is 2.16. The van der Waals surface area contributed by atoms with Gasteiger partial charge in [0.05, 0.1) is 4.92 Å². The number of likely N-dealkylation sites (N-methyl/N-ethyl adjacent to an activating group) is 1. The van der Waals surface area contributed by atoms with Crippen LogP contribution in [0.25, 0.3) is 0 Å². The third-order valence-corrected chi connectivity index (χ3v) is 3.52. The first-order valence-corrected chi connectivity index (χ1v) is 6.52. The van der Waals surface area contributed by atoms with Crippen LogP contribution in [-0.4, -0.2) is 37.0 Å². The molecule has 7 heteroatoms. The van der Waals surface area contributed by atoms with Crippen LogP contribution in [0.4, 0.5) is 11.4 Å². The predicted molar refractivity (Wildman–Crippen MR) is 75.9 cm³/mol. The van der Waals surface area contributed by atoms with Crippen molar-refractivity contribution in [3.63, 3.8) is 0 Å². The first-order valence-electron chi connectivity index (χ1n) is 6.52. The highest BCUT2D eigenvalue weighted by Gasteiger charge is 2.22. The molecular formula is C13H18N4O3. The number of hydrogen-bond acceptors (Lipinski definition) is 5. The molecule has 0 spiro atoms. The van der Waals surface area contributed by atoms with Crippen molar-refractivity contribution >= 4 is 17.3 Å². The molecule has 1 atom stereocenters. The minimum Gasteiger partial charge on any atom is -0.367 e. The Kier molecular flexibility index (Phi) is 4.19. The van der Waals surface area contributed by atoms with Crippen molar-refractivity contribution in [2.75, 3.05) is 25.0 Å². The lowest BCUT2D eigenvalue weighted by Gasteiger charge is -2.23. The van der Waals surface area contributed by atoms with E-state index in [4.69, 9.17) is 5.73 Å². The number of nitrogens with two attached hydrogens (primary N) is 1. The summed E-state index contributed by atoms with van der Waals surface area (Å²) in [5.74, 6) is -0.589. The molecular weight excluding hydrogens is 260 g/mol. The van der Waals surface area contributed by atoms with E-state index in [2.05, 4.69) is 5.32 Å². The van der Waals surface area contributed by atoms with Crippen molar-refractivity contribution in [3.05, 3.63) is 33.9 Å². The highest BCUT2D eigenvalue weighted by Crippen LogP contribution is 2.29. The SMILES string of the molecule is CN(CC1CCCN1)c1cc(C(N)=O)ccc1[N+](=O)[O-]. The average Bonchev–Trinajstić information content (AvgIpc) is 2.90. The number of nitro benzene ring substituents is 1. The lowest BCUT2D eigenvalue weighted by molar-refractivity contribution is -0.384. The van der Waals surface area contributed by atoms with Crippen LogP contribution < -0.4 is 16.0 Å². The molecule has 0 bridgehead atoms. The van der Waals surface area contributed by atoms with E-state index in [0.29, 0.717) is 18.3 Å². The number of amides is 1. The fraction of sp³-hybridized carbons (Fsp3) is 0.462. The Labute approximate surface area is 116 Å². The molecule has 1 amide bonds. The first kappa shape index (κ1) is 14.3. The summed E-state index contributed by atoms with van der Waals surface area (Å²) < 4.78 is 0. The van der Waals surface area contributed by atoms with Crippen molar-refractivity contribution in [1.29, 1.82) is 0 Å². The molecule has 1 aromatic carbocycles. The van der Waals surface area contributed by atoms with E-state index in [1.54, 1.807) is 11.9 Å². The van der Waals surface area contributed by atoms with E-state index in [1.165, 1.54) is 18.2 Å². The van der Waals surface area contributed by atoms with Crippen LogP contribution in [0.5, 0.6) is 0 Å². The van der Waals surface area contributed by atoms with Gasteiger partial charge in [-0.15, -0.1) is 0 Å². The topological polar surface area (TPSA) is 102 Å². The van der Waals surface area contributed by atoms with Crippen LogP contribution >= 0.6 is 0 Å². The summed E-state index contributed by atoms with van der Waals surface area (Å²) in [4.78, 5) is 23.7. The van der Waals surface area contributed by atoms with Crippen LogP contribution in [0, 0.1) is 10.1 Å². The number of carbonyl (C=O) groups excluding carboxylic acids is 1. The Balaban J connectivity index is 2.28. The summed E-state index contributed by atoms with van der Waals surface area (Å²) in [6, 6.07) is 4.51. The highest BCUT2D eigenvalue weighted by atomic mass is 16.6. The zero-order valence-electron chi connectivity index (χ0n) is 11.3.